The maximum atomic E-state index is 12.7. The first-order chi connectivity index (χ1) is 13.7. The summed E-state index contributed by atoms with van der Waals surface area (Å²) in [4.78, 5) is 15.0. The van der Waals surface area contributed by atoms with Crippen molar-refractivity contribution in [1.29, 1.82) is 0 Å². The molecule has 0 spiro atoms. The van der Waals surface area contributed by atoms with Crippen molar-refractivity contribution in [3.63, 3.8) is 0 Å². The summed E-state index contributed by atoms with van der Waals surface area (Å²) in [6, 6.07) is 14.7. The van der Waals surface area contributed by atoms with Crippen molar-refractivity contribution in [2.75, 3.05) is 36.0 Å². The number of sulfonamides is 1. The highest BCUT2D eigenvalue weighted by atomic mass is 35.5. The molecule has 2 aromatic rings. The van der Waals surface area contributed by atoms with Gasteiger partial charge in [-0.2, -0.15) is 0 Å². The summed E-state index contributed by atoms with van der Waals surface area (Å²) >= 11 is 5.93. The molecule has 1 heterocycles. The van der Waals surface area contributed by atoms with Crippen LogP contribution in [0.2, 0.25) is 5.02 Å². The molecule has 1 aliphatic rings. The molecule has 6 nitrogen and oxygen atoms in total. The quantitative estimate of drug-likeness (QED) is 0.752. The lowest BCUT2D eigenvalue weighted by atomic mass is 9.95. The highest BCUT2D eigenvalue weighted by Gasteiger charge is 2.25. The van der Waals surface area contributed by atoms with Gasteiger partial charge in [0.1, 0.15) is 0 Å². The zero-order valence-corrected chi connectivity index (χ0v) is 18.2. The van der Waals surface area contributed by atoms with Crippen molar-refractivity contribution in [1.82, 2.24) is 4.90 Å². The van der Waals surface area contributed by atoms with Crippen molar-refractivity contribution >= 4 is 38.9 Å². The Balaban J connectivity index is 1.54. The molecular formula is C21H26ClN3O3S. The van der Waals surface area contributed by atoms with Gasteiger partial charge < -0.3 is 5.32 Å². The monoisotopic (exact) mass is 435 g/mol. The summed E-state index contributed by atoms with van der Waals surface area (Å²) in [5, 5.41) is 3.67. The maximum absolute atomic E-state index is 12.7. The van der Waals surface area contributed by atoms with Crippen LogP contribution in [0.25, 0.3) is 0 Å². The van der Waals surface area contributed by atoms with Crippen LogP contribution in [-0.4, -0.2) is 45.6 Å². The number of hydrogen-bond acceptors (Lipinski definition) is 4. The Morgan fingerprint density at radius 2 is 1.83 bits per heavy atom. The van der Waals surface area contributed by atoms with Crippen LogP contribution in [0.4, 0.5) is 11.4 Å². The third-order valence-corrected chi connectivity index (χ3v) is 6.71. The normalized spacial score (nSPS) is 15.8. The van der Waals surface area contributed by atoms with E-state index < -0.39 is 10.0 Å². The second-order valence-electron chi connectivity index (χ2n) is 7.45. The number of carbonyl (C=O) groups is 1. The SMILES string of the molecule is CN(c1cccc(NC(=O)C2CCN(Cc3ccc(Cl)cc3)CC2)c1)S(C)(=O)=O. The zero-order chi connectivity index (χ0) is 21.0. The number of nitrogens with one attached hydrogen (secondary N) is 1. The molecule has 0 atom stereocenters. The first kappa shape index (κ1) is 21.6. The molecule has 156 valence electrons. The number of nitrogens with zero attached hydrogens (tertiary/aromatic N) is 2. The van der Waals surface area contributed by atoms with Gasteiger partial charge in [-0.3, -0.25) is 14.0 Å². The number of rotatable bonds is 6. The van der Waals surface area contributed by atoms with E-state index in [1.807, 2.05) is 24.3 Å². The topological polar surface area (TPSA) is 69.7 Å². The number of anilines is 2. The molecule has 0 unspecified atom stereocenters. The van der Waals surface area contributed by atoms with Gasteiger partial charge in [-0.05, 0) is 61.8 Å². The molecule has 8 heteroatoms. The van der Waals surface area contributed by atoms with Crippen molar-refractivity contribution < 1.29 is 13.2 Å². The minimum atomic E-state index is -3.35. The van der Waals surface area contributed by atoms with Gasteiger partial charge in [-0.1, -0.05) is 29.8 Å². The number of amides is 1. The minimum Gasteiger partial charge on any atom is -0.326 e. The van der Waals surface area contributed by atoms with E-state index in [0.717, 1.165) is 43.8 Å². The fourth-order valence-corrected chi connectivity index (χ4v) is 4.04. The average Bonchev–Trinajstić information content (AvgIpc) is 2.69. The summed E-state index contributed by atoms with van der Waals surface area (Å²) in [7, 11) is -1.86. The van der Waals surface area contributed by atoms with Crippen LogP contribution in [0.1, 0.15) is 18.4 Å². The first-order valence-corrected chi connectivity index (χ1v) is 11.8. The van der Waals surface area contributed by atoms with Gasteiger partial charge in [-0.25, -0.2) is 8.42 Å². The average molecular weight is 436 g/mol. The van der Waals surface area contributed by atoms with Crippen LogP contribution >= 0.6 is 11.6 Å². The molecule has 2 aromatic carbocycles. The Kier molecular flexibility index (Phi) is 6.82. The summed E-state index contributed by atoms with van der Waals surface area (Å²) in [6.07, 6.45) is 2.74. The van der Waals surface area contributed by atoms with E-state index in [-0.39, 0.29) is 11.8 Å². The largest absolute Gasteiger partial charge is 0.326 e. The lowest BCUT2D eigenvalue weighted by molar-refractivity contribution is -0.121. The molecule has 0 aromatic heterocycles. The third kappa shape index (κ3) is 5.95. The molecule has 29 heavy (non-hydrogen) atoms. The van der Waals surface area contributed by atoms with Crippen molar-refractivity contribution in [3.05, 3.63) is 59.1 Å². The predicted octanol–water partition coefficient (Wildman–Crippen LogP) is 3.59. The van der Waals surface area contributed by atoms with Crippen LogP contribution < -0.4 is 9.62 Å². The van der Waals surface area contributed by atoms with Gasteiger partial charge in [0, 0.05) is 30.2 Å². The number of benzene rings is 2. The maximum Gasteiger partial charge on any atom is 0.231 e. The summed E-state index contributed by atoms with van der Waals surface area (Å²) < 4.78 is 24.6. The second kappa shape index (κ2) is 9.15. The van der Waals surface area contributed by atoms with Crippen LogP contribution in [-0.2, 0) is 21.4 Å². The lowest BCUT2D eigenvalue weighted by Crippen LogP contribution is -2.37. The van der Waals surface area contributed by atoms with Crippen LogP contribution in [0.5, 0.6) is 0 Å². The van der Waals surface area contributed by atoms with Crippen LogP contribution in [0.15, 0.2) is 48.5 Å². The van der Waals surface area contributed by atoms with Gasteiger partial charge in [0.2, 0.25) is 15.9 Å². The van der Waals surface area contributed by atoms with E-state index in [0.29, 0.717) is 11.4 Å². The number of carbonyl (C=O) groups excluding carboxylic acids is 1. The molecule has 1 amide bonds. The smallest absolute Gasteiger partial charge is 0.231 e. The second-order valence-corrected chi connectivity index (χ2v) is 9.90. The van der Waals surface area contributed by atoms with E-state index >= 15 is 0 Å². The van der Waals surface area contributed by atoms with Gasteiger partial charge in [-0.15, -0.1) is 0 Å². The van der Waals surface area contributed by atoms with E-state index in [2.05, 4.69) is 10.2 Å². The molecule has 0 saturated carbocycles. The van der Waals surface area contributed by atoms with E-state index in [1.165, 1.54) is 16.9 Å². The van der Waals surface area contributed by atoms with Crippen LogP contribution in [0.3, 0.4) is 0 Å². The van der Waals surface area contributed by atoms with Crippen molar-refractivity contribution in [2.24, 2.45) is 5.92 Å². The zero-order valence-electron chi connectivity index (χ0n) is 16.6. The Bertz CT molecular complexity index is 955. The Morgan fingerprint density at radius 3 is 2.45 bits per heavy atom. The van der Waals surface area contributed by atoms with E-state index in [1.54, 1.807) is 24.3 Å². The highest BCUT2D eigenvalue weighted by molar-refractivity contribution is 7.92. The Hall–Kier alpha value is -2.09. The number of halogens is 1. The molecule has 1 aliphatic heterocycles. The summed E-state index contributed by atoms with van der Waals surface area (Å²) in [5.74, 6) is -0.0666. The summed E-state index contributed by atoms with van der Waals surface area (Å²) in [6.45, 7) is 2.57. The molecule has 0 aliphatic carbocycles. The third-order valence-electron chi connectivity index (χ3n) is 5.25. The molecule has 1 saturated heterocycles. The first-order valence-electron chi connectivity index (χ1n) is 9.54. The number of hydrogen-bond donors (Lipinski definition) is 1. The molecule has 3 rings (SSSR count). The fraction of sp³-hybridized carbons (Fsp3) is 0.381. The molecule has 1 N–H and O–H groups in total. The van der Waals surface area contributed by atoms with E-state index in [9.17, 15) is 13.2 Å². The van der Waals surface area contributed by atoms with Crippen LogP contribution in [0, 0.1) is 5.92 Å². The van der Waals surface area contributed by atoms with Crippen molar-refractivity contribution in [3.8, 4) is 0 Å². The standard InChI is InChI=1S/C21H26ClN3O3S/c1-24(29(2,27)28)20-5-3-4-19(14-20)23-21(26)17-10-12-25(13-11-17)15-16-6-8-18(22)9-7-16/h3-9,14,17H,10-13,15H2,1-2H3,(H,23,26). The number of likely N-dealkylation sites (tertiary alicyclic amines) is 1. The van der Waals surface area contributed by atoms with Gasteiger partial charge >= 0.3 is 0 Å². The molecule has 1 fully saturated rings. The van der Waals surface area contributed by atoms with Gasteiger partial charge in [0.05, 0.1) is 11.9 Å². The van der Waals surface area contributed by atoms with Crippen molar-refractivity contribution in [2.45, 2.75) is 19.4 Å². The van der Waals surface area contributed by atoms with E-state index in [4.69, 9.17) is 11.6 Å². The van der Waals surface area contributed by atoms with Gasteiger partial charge in [0.25, 0.3) is 0 Å². The molecular weight excluding hydrogens is 410 g/mol. The lowest BCUT2D eigenvalue weighted by Gasteiger charge is -2.31. The number of piperidine rings is 1. The predicted molar refractivity (Wildman–Crippen MR) is 118 cm³/mol. The highest BCUT2D eigenvalue weighted by Crippen LogP contribution is 2.24. The molecule has 0 radical (unpaired) electrons. The Labute approximate surface area is 177 Å². The molecule has 0 bridgehead atoms. The Morgan fingerprint density at radius 1 is 1.17 bits per heavy atom. The fourth-order valence-electron chi connectivity index (χ4n) is 3.42. The summed E-state index contributed by atoms with van der Waals surface area (Å²) in [5.41, 5.74) is 2.33. The van der Waals surface area contributed by atoms with Gasteiger partial charge in [0.15, 0.2) is 0 Å². The minimum absolute atomic E-state index is 0.0182.